The Morgan fingerprint density at radius 2 is 2.00 bits per heavy atom. The number of benzene rings is 1. The summed E-state index contributed by atoms with van der Waals surface area (Å²) < 4.78 is 11.3. The van der Waals surface area contributed by atoms with Crippen molar-refractivity contribution in [1.29, 1.82) is 0 Å². The summed E-state index contributed by atoms with van der Waals surface area (Å²) in [6, 6.07) is 8.40. The second-order valence-corrected chi connectivity index (χ2v) is 5.78. The van der Waals surface area contributed by atoms with E-state index in [1.807, 2.05) is 29.2 Å². The van der Waals surface area contributed by atoms with Crippen molar-refractivity contribution in [2.75, 3.05) is 37.7 Å². The van der Waals surface area contributed by atoms with Crippen LogP contribution in [0.25, 0.3) is 11.1 Å². The van der Waals surface area contributed by atoms with Gasteiger partial charge in [-0.3, -0.25) is 4.79 Å². The van der Waals surface area contributed by atoms with Crippen LogP contribution >= 0.6 is 0 Å². The Kier molecular flexibility index (Phi) is 3.46. The van der Waals surface area contributed by atoms with Gasteiger partial charge in [0.15, 0.2) is 5.58 Å². The second kappa shape index (κ2) is 5.61. The lowest BCUT2D eigenvalue weighted by Gasteiger charge is -2.34. The molecule has 1 amide bonds. The molecule has 1 aromatic carbocycles. The fraction of sp³-hybridized carbons (Fsp3) is 0.500. The van der Waals surface area contributed by atoms with E-state index in [1.54, 1.807) is 0 Å². The number of oxazole rings is 1. The number of amides is 1. The zero-order valence-electron chi connectivity index (χ0n) is 12.4. The number of nitrogens with zero attached hydrogens (tertiary/aromatic N) is 3. The summed E-state index contributed by atoms with van der Waals surface area (Å²) in [4.78, 5) is 20.8. The molecule has 6 nitrogen and oxygen atoms in total. The first kappa shape index (κ1) is 13.6. The molecule has 6 heteroatoms. The molecule has 0 spiro atoms. The molecular weight excluding hydrogens is 282 g/mol. The lowest BCUT2D eigenvalue weighted by atomic mass is 10.2. The molecule has 1 aromatic heterocycles. The fourth-order valence-electron chi connectivity index (χ4n) is 3.09. The third-order valence-corrected chi connectivity index (χ3v) is 4.35. The molecule has 2 aliphatic rings. The van der Waals surface area contributed by atoms with Gasteiger partial charge < -0.3 is 19.0 Å². The fourth-order valence-corrected chi connectivity index (χ4v) is 3.09. The van der Waals surface area contributed by atoms with Crippen molar-refractivity contribution in [3.8, 4) is 0 Å². The Balaban J connectivity index is 1.41. The lowest BCUT2D eigenvalue weighted by molar-refractivity contribution is -0.141. The van der Waals surface area contributed by atoms with Crippen molar-refractivity contribution in [3.05, 3.63) is 24.3 Å². The maximum Gasteiger partial charge on any atom is 0.298 e. The summed E-state index contributed by atoms with van der Waals surface area (Å²) >= 11 is 0. The predicted molar refractivity (Wildman–Crippen MR) is 81.8 cm³/mol. The minimum absolute atomic E-state index is 0.134. The zero-order chi connectivity index (χ0) is 14.9. The van der Waals surface area contributed by atoms with E-state index in [-0.39, 0.29) is 12.0 Å². The summed E-state index contributed by atoms with van der Waals surface area (Å²) in [6.45, 7) is 3.57. The molecule has 0 saturated carbocycles. The van der Waals surface area contributed by atoms with Crippen molar-refractivity contribution in [2.45, 2.75) is 18.9 Å². The van der Waals surface area contributed by atoms with Crippen LogP contribution in [-0.4, -0.2) is 54.7 Å². The quantitative estimate of drug-likeness (QED) is 0.844. The van der Waals surface area contributed by atoms with Gasteiger partial charge >= 0.3 is 0 Å². The number of hydrogen-bond acceptors (Lipinski definition) is 5. The summed E-state index contributed by atoms with van der Waals surface area (Å²) in [7, 11) is 0. The van der Waals surface area contributed by atoms with Gasteiger partial charge in [0.25, 0.3) is 11.9 Å². The number of rotatable bonds is 2. The summed E-state index contributed by atoms with van der Waals surface area (Å²) in [5.74, 6) is 0.134. The van der Waals surface area contributed by atoms with Gasteiger partial charge in [-0.25, -0.2) is 0 Å². The van der Waals surface area contributed by atoms with E-state index in [9.17, 15) is 4.79 Å². The topological polar surface area (TPSA) is 58.8 Å². The smallest absolute Gasteiger partial charge is 0.298 e. The summed E-state index contributed by atoms with van der Waals surface area (Å²) in [6.07, 6.45) is 1.61. The highest BCUT2D eigenvalue weighted by Crippen LogP contribution is 2.23. The molecule has 2 aliphatic heterocycles. The Bertz CT molecular complexity index is 637. The Morgan fingerprint density at radius 3 is 2.73 bits per heavy atom. The van der Waals surface area contributed by atoms with Crippen LogP contribution in [0.4, 0.5) is 6.01 Å². The number of hydrogen-bond donors (Lipinski definition) is 0. The van der Waals surface area contributed by atoms with Crippen LogP contribution in [-0.2, 0) is 9.53 Å². The Hall–Kier alpha value is -2.08. The average molecular weight is 301 g/mol. The number of para-hydroxylation sites is 2. The number of aromatic nitrogens is 1. The highest BCUT2D eigenvalue weighted by molar-refractivity contribution is 5.81. The maximum absolute atomic E-state index is 12.3. The van der Waals surface area contributed by atoms with Crippen LogP contribution < -0.4 is 4.90 Å². The van der Waals surface area contributed by atoms with Gasteiger partial charge in [-0.15, -0.1) is 0 Å². The number of piperazine rings is 1. The predicted octanol–water partition coefficient (Wildman–Crippen LogP) is 1.66. The van der Waals surface area contributed by atoms with Crippen molar-refractivity contribution in [1.82, 2.24) is 9.88 Å². The third-order valence-electron chi connectivity index (χ3n) is 4.35. The van der Waals surface area contributed by atoms with Gasteiger partial charge in [0.2, 0.25) is 0 Å². The number of carbonyl (C=O) groups excluding carboxylic acids is 1. The van der Waals surface area contributed by atoms with Crippen LogP contribution in [0, 0.1) is 0 Å². The minimum Gasteiger partial charge on any atom is -0.423 e. The van der Waals surface area contributed by atoms with E-state index < -0.39 is 0 Å². The lowest BCUT2D eigenvalue weighted by Crippen LogP contribution is -2.51. The molecule has 0 bridgehead atoms. The number of fused-ring (bicyclic) bond motifs is 1. The second-order valence-electron chi connectivity index (χ2n) is 5.78. The van der Waals surface area contributed by atoms with E-state index in [4.69, 9.17) is 9.15 Å². The summed E-state index contributed by atoms with van der Waals surface area (Å²) in [5.41, 5.74) is 1.67. The van der Waals surface area contributed by atoms with Gasteiger partial charge in [-0.1, -0.05) is 12.1 Å². The number of carbonyl (C=O) groups is 1. The van der Waals surface area contributed by atoms with E-state index in [2.05, 4.69) is 9.88 Å². The van der Waals surface area contributed by atoms with Crippen LogP contribution in [0.2, 0.25) is 0 Å². The van der Waals surface area contributed by atoms with Crippen molar-refractivity contribution < 1.29 is 13.9 Å². The SMILES string of the molecule is O=C([C@@H]1CCCO1)N1CCN(c2nc3ccccc3o2)CC1. The monoisotopic (exact) mass is 301 g/mol. The van der Waals surface area contributed by atoms with Crippen molar-refractivity contribution in [2.24, 2.45) is 0 Å². The van der Waals surface area contributed by atoms with Gasteiger partial charge in [0.05, 0.1) is 0 Å². The molecule has 2 aromatic rings. The normalized spacial score (nSPS) is 22.5. The average Bonchev–Trinajstić information content (AvgIpc) is 3.23. The summed E-state index contributed by atoms with van der Waals surface area (Å²) in [5, 5.41) is 0. The van der Waals surface area contributed by atoms with Gasteiger partial charge in [0.1, 0.15) is 11.6 Å². The van der Waals surface area contributed by atoms with Crippen molar-refractivity contribution in [3.63, 3.8) is 0 Å². The van der Waals surface area contributed by atoms with Crippen LogP contribution in [0.1, 0.15) is 12.8 Å². The van der Waals surface area contributed by atoms with Crippen LogP contribution in [0.5, 0.6) is 0 Å². The van der Waals surface area contributed by atoms with E-state index in [0.717, 1.165) is 37.0 Å². The van der Waals surface area contributed by atoms with Crippen LogP contribution in [0.15, 0.2) is 28.7 Å². The maximum atomic E-state index is 12.3. The van der Waals surface area contributed by atoms with E-state index in [0.29, 0.717) is 25.7 Å². The van der Waals surface area contributed by atoms with Crippen molar-refractivity contribution >= 4 is 23.0 Å². The Morgan fingerprint density at radius 1 is 1.18 bits per heavy atom. The Labute approximate surface area is 128 Å². The molecule has 2 saturated heterocycles. The van der Waals surface area contributed by atoms with E-state index >= 15 is 0 Å². The van der Waals surface area contributed by atoms with Gasteiger partial charge in [-0.2, -0.15) is 4.98 Å². The number of ether oxygens (including phenoxy) is 1. The number of anilines is 1. The molecule has 0 aliphatic carbocycles. The molecule has 1 atom stereocenters. The van der Waals surface area contributed by atoms with Gasteiger partial charge in [-0.05, 0) is 25.0 Å². The minimum atomic E-state index is -0.226. The molecule has 22 heavy (non-hydrogen) atoms. The molecule has 4 rings (SSSR count). The first-order valence-electron chi connectivity index (χ1n) is 7.82. The van der Waals surface area contributed by atoms with E-state index in [1.165, 1.54) is 0 Å². The molecular formula is C16H19N3O3. The van der Waals surface area contributed by atoms with Crippen LogP contribution in [0.3, 0.4) is 0 Å². The molecule has 0 unspecified atom stereocenters. The largest absolute Gasteiger partial charge is 0.423 e. The zero-order valence-corrected chi connectivity index (χ0v) is 12.4. The van der Waals surface area contributed by atoms with Gasteiger partial charge in [0, 0.05) is 32.8 Å². The standard InChI is InChI=1S/C16H19N3O3/c20-15(14-6-3-11-21-14)18-7-9-19(10-8-18)16-17-12-4-1-2-5-13(12)22-16/h1-2,4-5,14H,3,6-11H2/t14-/m0/s1. The molecule has 2 fully saturated rings. The third kappa shape index (κ3) is 2.43. The molecule has 116 valence electrons. The first-order chi connectivity index (χ1) is 10.8. The highest BCUT2D eigenvalue weighted by Gasteiger charge is 2.31. The highest BCUT2D eigenvalue weighted by atomic mass is 16.5. The molecule has 0 radical (unpaired) electrons. The molecule has 3 heterocycles. The first-order valence-corrected chi connectivity index (χ1v) is 7.82. The molecule has 0 N–H and O–H groups in total.